The number of aromatic nitrogens is 3. The maximum absolute atomic E-state index is 11.3. The predicted molar refractivity (Wildman–Crippen MR) is 58.6 cm³/mol. The van der Waals surface area contributed by atoms with Gasteiger partial charge in [0, 0.05) is 19.7 Å². The monoisotopic (exact) mass is 255 g/mol. The van der Waals surface area contributed by atoms with Gasteiger partial charge in [0.1, 0.15) is 6.54 Å². The zero-order valence-electron chi connectivity index (χ0n) is 9.71. The van der Waals surface area contributed by atoms with Crippen LogP contribution in [0.15, 0.2) is 6.20 Å². The topological polar surface area (TPSA) is 126 Å². The molecule has 0 fully saturated rings. The van der Waals surface area contributed by atoms with E-state index >= 15 is 0 Å². The highest BCUT2D eigenvalue weighted by Gasteiger charge is 2.09. The third kappa shape index (κ3) is 4.60. The fourth-order valence-corrected chi connectivity index (χ4v) is 1.14. The largest absolute Gasteiger partial charge is 0.481 e. The predicted octanol–water partition coefficient (Wildman–Crippen LogP) is -1.25. The molecule has 0 saturated heterocycles. The minimum Gasteiger partial charge on any atom is -0.481 e. The number of hydrogen-bond donors (Lipinski definition) is 3. The maximum atomic E-state index is 11.3. The van der Waals surface area contributed by atoms with Gasteiger partial charge < -0.3 is 10.4 Å². The van der Waals surface area contributed by atoms with Gasteiger partial charge >= 0.3 is 12.0 Å². The van der Waals surface area contributed by atoms with Crippen LogP contribution in [0, 0.1) is 0 Å². The summed E-state index contributed by atoms with van der Waals surface area (Å²) in [5.74, 6) is -1.47. The number of aryl methyl sites for hydroxylation is 1. The van der Waals surface area contributed by atoms with Crippen molar-refractivity contribution >= 4 is 17.9 Å². The van der Waals surface area contributed by atoms with Crippen molar-refractivity contribution in [1.82, 2.24) is 25.6 Å². The summed E-state index contributed by atoms with van der Waals surface area (Å²) in [6.45, 7) is -0.159. The van der Waals surface area contributed by atoms with Gasteiger partial charge in [0.25, 0.3) is 0 Å². The van der Waals surface area contributed by atoms with Crippen LogP contribution in [-0.4, -0.2) is 45.1 Å². The summed E-state index contributed by atoms with van der Waals surface area (Å²) in [6.07, 6.45) is 1.65. The van der Waals surface area contributed by atoms with Gasteiger partial charge in [0.15, 0.2) is 0 Å². The number of carboxylic acid groups (broad SMARTS) is 1. The van der Waals surface area contributed by atoms with Gasteiger partial charge in [0.2, 0.25) is 5.91 Å². The van der Waals surface area contributed by atoms with Crippen LogP contribution in [0.4, 0.5) is 4.79 Å². The van der Waals surface area contributed by atoms with Crippen LogP contribution in [0.2, 0.25) is 0 Å². The van der Waals surface area contributed by atoms with Gasteiger partial charge in [-0.3, -0.25) is 14.9 Å². The lowest BCUT2D eigenvalue weighted by atomic mass is 10.2. The lowest BCUT2D eigenvalue weighted by Gasteiger charge is -2.01. The van der Waals surface area contributed by atoms with Crippen LogP contribution in [0.1, 0.15) is 12.1 Å². The van der Waals surface area contributed by atoms with Crippen molar-refractivity contribution in [3.05, 3.63) is 11.9 Å². The average molecular weight is 255 g/mol. The third-order valence-corrected chi connectivity index (χ3v) is 1.97. The highest BCUT2D eigenvalue weighted by atomic mass is 16.4. The van der Waals surface area contributed by atoms with Crippen molar-refractivity contribution in [1.29, 1.82) is 0 Å². The molecule has 0 aliphatic rings. The summed E-state index contributed by atoms with van der Waals surface area (Å²) in [6, 6.07) is -0.605. The van der Waals surface area contributed by atoms with Crippen LogP contribution in [0.25, 0.3) is 0 Å². The Morgan fingerprint density at radius 2 is 2.17 bits per heavy atom. The number of aliphatic carboxylic acids is 1. The molecule has 3 amide bonds. The van der Waals surface area contributed by atoms with Crippen LogP contribution >= 0.6 is 0 Å². The van der Waals surface area contributed by atoms with E-state index in [1.807, 2.05) is 0 Å². The summed E-state index contributed by atoms with van der Waals surface area (Å²) in [4.78, 5) is 32.5. The Kier molecular flexibility index (Phi) is 4.78. The third-order valence-electron chi connectivity index (χ3n) is 1.97. The SMILES string of the molecule is CNC(=O)NC(=O)Cn1cc(CCC(=O)O)nn1. The van der Waals surface area contributed by atoms with E-state index in [4.69, 9.17) is 5.11 Å². The Balaban J connectivity index is 2.45. The molecule has 1 rings (SSSR count). The molecule has 98 valence electrons. The molecule has 9 heteroatoms. The smallest absolute Gasteiger partial charge is 0.321 e. The number of imide groups is 1. The highest BCUT2D eigenvalue weighted by molar-refractivity contribution is 5.93. The molecular formula is C9H13N5O4. The molecule has 0 aromatic carbocycles. The van der Waals surface area contributed by atoms with Crippen LogP contribution in [-0.2, 0) is 22.6 Å². The number of hydrogen-bond acceptors (Lipinski definition) is 5. The first-order valence-corrected chi connectivity index (χ1v) is 5.13. The number of carboxylic acids is 1. The Hall–Kier alpha value is -2.45. The average Bonchev–Trinajstić information content (AvgIpc) is 2.73. The molecule has 0 aliphatic carbocycles. The first-order valence-electron chi connectivity index (χ1n) is 5.13. The van der Waals surface area contributed by atoms with Crippen molar-refractivity contribution in [3.63, 3.8) is 0 Å². The summed E-state index contributed by atoms with van der Waals surface area (Å²) in [7, 11) is 1.39. The Labute approximate surface area is 102 Å². The first-order chi connectivity index (χ1) is 8.51. The van der Waals surface area contributed by atoms with E-state index in [-0.39, 0.29) is 19.4 Å². The van der Waals surface area contributed by atoms with Crippen LogP contribution in [0.3, 0.4) is 0 Å². The lowest BCUT2D eigenvalue weighted by Crippen LogP contribution is -2.39. The number of rotatable bonds is 5. The molecule has 9 nitrogen and oxygen atoms in total. The zero-order chi connectivity index (χ0) is 13.5. The number of carbonyl (C=O) groups excluding carboxylic acids is 2. The molecule has 0 unspecified atom stereocenters. The van der Waals surface area contributed by atoms with Crippen LogP contribution in [0.5, 0.6) is 0 Å². The molecule has 0 spiro atoms. The van der Waals surface area contributed by atoms with Crippen molar-refractivity contribution < 1.29 is 19.5 Å². The van der Waals surface area contributed by atoms with Crippen LogP contribution < -0.4 is 10.6 Å². The Morgan fingerprint density at radius 3 is 2.78 bits per heavy atom. The fourth-order valence-electron chi connectivity index (χ4n) is 1.14. The van der Waals surface area contributed by atoms with E-state index in [2.05, 4.69) is 20.9 Å². The first kappa shape index (κ1) is 13.6. The molecule has 1 aromatic rings. The second-order valence-corrected chi connectivity index (χ2v) is 3.43. The van der Waals surface area contributed by atoms with Crippen molar-refractivity contribution in [2.24, 2.45) is 0 Å². The van der Waals surface area contributed by atoms with E-state index < -0.39 is 17.9 Å². The molecule has 1 heterocycles. The summed E-state index contributed by atoms with van der Waals surface area (Å²) in [5.41, 5.74) is 0.477. The molecule has 18 heavy (non-hydrogen) atoms. The number of amides is 3. The molecule has 0 bridgehead atoms. The van der Waals surface area contributed by atoms with Gasteiger partial charge in [-0.1, -0.05) is 5.21 Å². The van der Waals surface area contributed by atoms with Gasteiger partial charge in [-0.25, -0.2) is 9.48 Å². The van der Waals surface area contributed by atoms with E-state index in [9.17, 15) is 14.4 Å². The summed E-state index contributed by atoms with van der Waals surface area (Å²) in [5, 5.41) is 20.2. The van der Waals surface area contributed by atoms with Crippen molar-refractivity contribution in [2.45, 2.75) is 19.4 Å². The van der Waals surface area contributed by atoms with E-state index in [0.29, 0.717) is 5.69 Å². The van der Waals surface area contributed by atoms with Gasteiger partial charge in [0.05, 0.1) is 12.1 Å². The zero-order valence-corrected chi connectivity index (χ0v) is 9.71. The lowest BCUT2D eigenvalue weighted by molar-refractivity contribution is -0.137. The van der Waals surface area contributed by atoms with E-state index in [0.717, 1.165) is 0 Å². The van der Waals surface area contributed by atoms with Crippen molar-refractivity contribution in [3.8, 4) is 0 Å². The second-order valence-electron chi connectivity index (χ2n) is 3.43. The highest BCUT2D eigenvalue weighted by Crippen LogP contribution is 1.98. The minimum absolute atomic E-state index is 0.0525. The minimum atomic E-state index is -0.929. The fraction of sp³-hybridized carbons (Fsp3) is 0.444. The number of urea groups is 1. The standard InChI is InChI=1S/C9H13N5O4/c1-10-9(18)11-7(15)5-14-4-6(12-13-14)2-3-8(16)17/h4H,2-3,5H2,1H3,(H,16,17)(H2,10,11,15,18). The van der Waals surface area contributed by atoms with E-state index in [1.54, 1.807) is 0 Å². The molecule has 3 N–H and O–H groups in total. The molecule has 0 saturated carbocycles. The van der Waals surface area contributed by atoms with Gasteiger partial charge in [-0.15, -0.1) is 5.10 Å². The Bertz CT molecular complexity index is 456. The molecular weight excluding hydrogens is 242 g/mol. The normalized spacial score (nSPS) is 9.83. The Morgan fingerprint density at radius 1 is 1.44 bits per heavy atom. The summed E-state index contributed by atoms with van der Waals surface area (Å²) >= 11 is 0. The molecule has 0 radical (unpaired) electrons. The number of nitrogens with one attached hydrogen (secondary N) is 2. The maximum Gasteiger partial charge on any atom is 0.321 e. The van der Waals surface area contributed by atoms with Gasteiger partial charge in [-0.05, 0) is 0 Å². The van der Waals surface area contributed by atoms with Crippen molar-refractivity contribution in [2.75, 3.05) is 7.05 Å². The molecule has 0 atom stereocenters. The number of carbonyl (C=O) groups is 3. The number of nitrogens with zero attached hydrogens (tertiary/aromatic N) is 3. The van der Waals surface area contributed by atoms with E-state index in [1.165, 1.54) is 17.9 Å². The quantitative estimate of drug-likeness (QED) is 0.603. The molecule has 0 aliphatic heterocycles. The van der Waals surface area contributed by atoms with Gasteiger partial charge in [-0.2, -0.15) is 0 Å². The second kappa shape index (κ2) is 6.33. The molecule has 1 aromatic heterocycles. The summed E-state index contributed by atoms with van der Waals surface area (Å²) < 4.78 is 1.23.